The van der Waals surface area contributed by atoms with Gasteiger partial charge >= 0.3 is 5.97 Å². The predicted molar refractivity (Wildman–Crippen MR) is 206 cm³/mol. The van der Waals surface area contributed by atoms with Gasteiger partial charge in [-0.1, -0.05) is 30.3 Å². The second kappa shape index (κ2) is 27.4. The van der Waals surface area contributed by atoms with Gasteiger partial charge in [-0.15, -0.1) is 0 Å². The van der Waals surface area contributed by atoms with Gasteiger partial charge in [-0.25, -0.2) is 4.79 Å². The lowest BCUT2D eigenvalue weighted by Crippen LogP contribution is -2.59. The fourth-order valence-corrected chi connectivity index (χ4v) is 5.54. The summed E-state index contributed by atoms with van der Waals surface area (Å²) in [6.45, 7) is 0.918. The Bertz CT molecular complexity index is 1430. The highest BCUT2D eigenvalue weighted by molar-refractivity contribution is 5.97. The summed E-state index contributed by atoms with van der Waals surface area (Å²) in [6.07, 6.45) is 2.14. The first-order valence-electron chi connectivity index (χ1n) is 18.8. The minimum atomic E-state index is -1.65. The van der Waals surface area contributed by atoms with Crippen LogP contribution in [0.25, 0.3) is 0 Å². The van der Waals surface area contributed by atoms with E-state index in [1.54, 1.807) is 30.3 Å². The van der Waals surface area contributed by atoms with Crippen molar-refractivity contribution in [2.75, 3.05) is 19.6 Å². The van der Waals surface area contributed by atoms with E-state index in [2.05, 4.69) is 26.6 Å². The van der Waals surface area contributed by atoms with Crippen LogP contribution in [-0.2, 0) is 44.8 Å². The predicted octanol–water partition coefficient (Wildman–Crippen LogP) is -3.41. The molecule has 0 aliphatic carbocycles. The smallest absolute Gasteiger partial charge is 0.326 e. The Kier molecular flexibility index (Phi) is 23.9. The number of benzene rings is 1. The zero-order chi connectivity index (χ0) is 42.0. The van der Waals surface area contributed by atoms with Crippen LogP contribution in [0, 0.1) is 0 Å². The third kappa shape index (κ3) is 19.9. The molecule has 0 spiro atoms. The quantitative estimate of drug-likeness (QED) is 0.0339. The molecule has 0 fully saturated rings. The maximum atomic E-state index is 14.0. The highest BCUT2D eigenvalue weighted by Crippen LogP contribution is 2.10. The van der Waals surface area contributed by atoms with Crippen molar-refractivity contribution in [1.29, 1.82) is 0 Å². The van der Waals surface area contributed by atoms with E-state index in [9.17, 15) is 43.5 Å². The van der Waals surface area contributed by atoms with Gasteiger partial charge in [0.25, 0.3) is 0 Å². The SMILES string of the molecule is NCCCC[C@H](NC(=O)[C@H](Cc1ccccc1)NC(=O)[C@H](CCCCN)NC(=O)[C@H](CCCCN)NC(=O)[C@@H](N)CCC(N)=O)C(=O)N[C@@H](CC(N)=O)C(=O)O. The summed E-state index contributed by atoms with van der Waals surface area (Å²) in [4.78, 5) is 102. The van der Waals surface area contributed by atoms with Crippen molar-refractivity contribution in [2.24, 2.45) is 34.4 Å². The molecule has 0 saturated heterocycles. The van der Waals surface area contributed by atoms with Gasteiger partial charge in [0.1, 0.15) is 30.2 Å². The minimum absolute atomic E-state index is 0.0423. The highest BCUT2D eigenvalue weighted by Gasteiger charge is 2.33. The first kappa shape index (κ1) is 48.8. The van der Waals surface area contributed by atoms with E-state index in [0.717, 1.165) is 0 Å². The molecule has 0 bridgehead atoms. The second-order valence-electron chi connectivity index (χ2n) is 13.5. The molecular formula is C36H61N11O9. The molecule has 56 heavy (non-hydrogen) atoms. The van der Waals surface area contributed by atoms with Gasteiger partial charge in [0.15, 0.2) is 0 Å². The van der Waals surface area contributed by atoms with Crippen LogP contribution < -0.4 is 61.0 Å². The zero-order valence-corrected chi connectivity index (χ0v) is 31.8. The molecule has 20 heteroatoms. The molecule has 18 N–H and O–H groups in total. The summed E-state index contributed by atoms with van der Waals surface area (Å²) in [6, 6.07) is 0.975. The van der Waals surface area contributed by atoms with Crippen LogP contribution in [-0.4, -0.2) is 108 Å². The minimum Gasteiger partial charge on any atom is -0.480 e. The maximum absolute atomic E-state index is 14.0. The van der Waals surface area contributed by atoms with E-state index in [1.165, 1.54) is 0 Å². The van der Waals surface area contributed by atoms with Gasteiger partial charge in [0, 0.05) is 12.8 Å². The van der Waals surface area contributed by atoms with Crippen molar-refractivity contribution >= 4 is 47.3 Å². The molecule has 1 rings (SSSR count). The van der Waals surface area contributed by atoms with Gasteiger partial charge in [0.05, 0.1) is 12.5 Å². The maximum Gasteiger partial charge on any atom is 0.326 e. The number of unbranched alkanes of at least 4 members (excludes halogenated alkanes) is 3. The molecule has 1 aromatic rings. The molecule has 0 aliphatic rings. The van der Waals surface area contributed by atoms with Crippen LogP contribution in [0.15, 0.2) is 30.3 Å². The van der Waals surface area contributed by atoms with Crippen LogP contribution in [0.4, 0.5) is 0 Å². The molecule has 0 unspecified atom stereocenters. The van der Waals surface area contributed by atoms with Crippen molar-refractivity contribution in [3.63, 3.8) is 0 Å². The number of carboxylic acid groups (broad SMARTS) is 1. The molecule has 1 aromatic carbocycles. The Hall–Kier alpha value is -5.18. The third-order valence-electron chi connectivity index (χ3n) is 8.71. The molecule has 0 saturated carbocycles. The number of carbonyl (C=O) groups excluding carboxylic acids is 7. The third-order valence-corrected chi connectivity index (χ3v) is 8.71. The van der Waals surface area contributed by atoms with E-state index in [-0.39, 0.29) is 45.1 Å². The number of nitrogens with two attached hydrogens (primary N) is 6. The molecule has 6 atom stereocenters. The Morgan fingerprint density at radius 3 is 1.30 bits per heavy atom. The molecule has 314 valence electrons. The zero-order valence-electron chi connectivity index (χ0n) is 31.8. The summed E-state index contributed by atoms with van der Waals surface area (Å²) in [5.74, 6) is -6.94. The molecule has 0 heterocycles. The van der Waals surface area contributed by atoms with Gasteiger partial charge in [0.2, 0.25) is 41.4 Å². The van der Waals surface area contributed by atoms with Gasteiger partial charge < -0.3 is 66.1 Å². The second-order valence-corrected chi connectivity index (χ2v) is 13.5. The topological polar surface area (TPSA) is 373 Å². The van der Waals surface area contributed by atoms with Crippen molar-refractivity contribution in [3.05, 3.63) is 35.9 Å². The average Bonchev–Trinajstić information content (AvgIpc) is 3.15. The van der Waals surface area contributed by atoms with Crippen LogP contribution in [0.1, 0.15) is 82.6 Å². The molecule has 0 aliphatic heterocycles. The lowest BCUT2D eigenvalue weighted by molar-refractivity contribution is -0.143. The van der Waals surface area contributed by atoms with Crippen molar-refractivity contribution < 1.29 is 43.5 Å². The van der Waals surface area contributed by atoms with Gasteiger partial charge in [-0.2, -0.15) is 0 Å². The number of primary amides is 2. The molecule has 0 aromatic heterocycles. The summed E-state index contributed by atoms with van der Waals surface area (Å²) >= 11 is 0. The molecule has 0 radical (unpaired) electrons. The molecular weight excluding hydrogens is 730 g/mol. The lowest BCUT2D eigenvalue weighted by Gasteiger charge is -2.27. The van der Waals surface area contributed by atoms with E-state index in [0.29, 0.717) is 57.2 Å². The number of carbonyl (C=O) groups is 8. The van der Waals surface area contributed by atoms with Crippen LogP contribution in [0.3, 0.4) is 0 Å². The largest absolute Gasteiger partial charge is 0.480 e. The number of nitrogens with one attached hydrogen (secondary N) is 5. The van der Waals surface area contributed by atoms with Crippen LogP contribution in [0.5, 0.6) is 0 Å². The Morgan fingerprint density at radius 2 is 0.911 bits per heavy atom. The standard InChI is InChI=1S/C36H61N11O9/c37-17-7-4-12-24(43-31(50)23(40)15-16-29(41)48)32(51)44-25(13-5-8-18-38)33(52)46-27(20-22-10-2-1-3-11-22)35(54)45-26(14-6-9-19-39)34(53)47-28(36(55)56)21-30(42)49/h1-3,10-11,23-28H,4-9,12-21,37-40H2,(H2,41,48)(H2,42,49)(H,43,50)(H,44,51)(H,45,54)(H,46,52)(H,47,53)(H,55,56)/t23-,24-,25-,26-,27-,28-/m0/s1. The van der Waals surface area contributed by atoms with Crippen molar-refractivity contribution in [3.8, 4) is 0 Å². The lowest BCUT2D eigenvalue weighted by atomic mass is 10.0. The van der Waals surface area contributed by atoms with Crippen molar-refractivity contribution in [2.45, 2.75) is 120 Å². The van der Waals surface area contributed by atoms with E-state index in [1.807, 2.05) is 0 Å². The molecule has 20 nitrogen and oxygen atoms in total. The van der Waals surface area contributed by atoms with Gasteiger partial charge in [-0.05, 0) is 89.4 Å². The Balaban J connectivity index is 3.40. The number of amides is 7. The van der Waals surface area contributed by atoms with E-state index in [4.69, 9.17) is 34.4 Å². The first-order valence-corrected chi connectivity index (χ1v) is 18.8. The number of carboxylic acids is 1. The summed E-state index contributed by atoms with van der Waals surface area (Å²) in [5.41, 5.74) is 33.9. The van der Waals surface area contributed by atoms with Crippen LogP contribution in [0.2, 0.25) is 0 Å². The summed E-state index contributed by atoms with van der Waals surface area (Å²) in [5, 5.41) is 22.4. The number of hydrogen-bond acceptors (Lipinski definition) is 12. The summed E-state index contributed by atoms with van der Waals surface area (Å²) < 4.78 is 0. The number of aliphatic carboxylic acids is 1. The highest BCUT2D eigenvalue weighted by atomic mass is 16.4. The Morgan fingerprint density at radius 1 is 0.518 bits per heavy atom. The fourth-order valence-electron chi connectivity index (χ4n) is 5.54. The number of rotatable bonds is 30. The summed E-state index contributed by atoms with van der Waals surface area (Å²) in [7, 11) is 0. The van der Waals surface area contributed by atoms with Crippen molar-refractivity contribution in [1.82, 2.24) is 26.6 Å². The monoisotopic (exact) mass is 791 g/mol. The van der Waals surface area contributed by atoms with E-state index >= 15 is 0 Å². The van der Waals surface area contributed by atoms with Crippen LogP contribution >= 0.6 is 0 Å². The normalized spacial score (nSPS) is 14.1. The Labute approximate surface area is 326 Å². The van der Waals surface area contributed by atoms with E-state index < -0.39 is 90.0 Å². The molecule has 7 amide bonds. The number of hydrogen-bond donors (Lipinski definition) is 12. The average molecular weight is 792 g/mol. The fraction of sp³-hybridized carbons (Fsp3) is 0.611. The first-order chi connectivity index (χ1) is 26.6. The van der Waals surface area contributed by atoms with Gasteiger partial charge in [-0.3, -0.25) is 33.6 Å².